The fraction of sp³-hybridized carbons (Fsp3) is 1.00. The number of hydrogen-bond acceptors (Lipinski definition) is 3. The maximum absolute atomic E-state index is 8.56. The topological polar surface area (TPSA) is 35.5 Å². The fourth-order valence-corrected chi connectivity index (χ4v) is 1.24. The van der Waals surface area contributed by atoms with E-state index in [9.17, 15) is 0 Å². The van der Waals surface area contributed by atoms with Crippen LogP contribution in [-0.2, 0) is 0 Å². The SMILES string of the molecule is CN(CCCCO)C1CNC1. The standard InChI is InChI=1S/C8H18N2O/c1-10(4-2-3-5-11)8-6-9-7-8/h8-9,11H,2-7H2,1H3. The molecule has 0 aliphatic carbocycles. The summed E-state index contributed by atoms with van der Waals surface area (Å²) in [7, 11) is 2.16. The van der Waals surface area contributed by atoms with Gasteiger partial charge in [0.25, 0.3) is 0 Å². The fourth-order valence-electron chi connectivity index (χ4n) is 1.24. The van der Waals surface area contributed by atoms with Crippen molar-refractivity contribution in [3.63, 3.8) is 0 Å². The Hall–Kier alpha value is -0.120. The average Bonchev–Trinajstić information content (AvgIpc) is 1.84. The summed E-state index contributed by atoms with van der Waals surface area (Å²) in [6.45, 7) is 3.72. The molecule has 0 bridgehead atoms. The molecule has 1 heterocycles. The van der Waals surface area contributed by atoms with Gasteiger partial charge in [-0.25, -0.2) is 0 Å². The van der Waals surface area contributed by atoms with Gasteiger partial charge in [0.2, 0.25) is 0 Å². The van der Waals surface area contributed by atoms with Crippen LogP contribution >= 0.6 is 0 Å². The van der Waals surface area contributed by atoms with Gasteiger partial charge in [-0.05, 0) is 26.4 Å². The summed E-state index contributed by atoms with van der Waals surface area (Å²) in [5, 5.41) is 11.8. The molecular weight excluding hydrogens is 140 g/mol. The summed E-state index contributed by atoms with van der Waals surface area (Å²) in [6, 6.07) is 0.744. The number of unbranched alkanes of at least 4 members (excludes halogenated alkanes) is 1. The van der Waals surface area contributed by atoms with Crippen LogP contribution in [0, 0.1) is 0 Å². The monoisotopic (exact) mass is 158 g/mol. The molecule has 0 aromatic heterocycles. The van der Waals surface area contributed by atoms with Gasteiger partial charge in [0.1, 0.15) is 0 Å². The first-order valence-corrected chi connectivity index (χ1v) is 4.36. The van der Waals surface area contributed by atoms with E-state index in [2.05, 4.69) is 17.3 Å². The van der Waals surface area contributed by atoms with Crippen molar-refractivity contribution in [2.45, 2.75) is 18.9 Å². The van der Waals surface area contributed by atoms with Crippen LogP contribution < -0.4 is 5.32 Å². The van der Waals surface area contributed by atoms with Crippen molar-refractivity contribution < 1.29 is 5.11 Å². The first-order chi connectivity index (χ1) is 5.34. The molecule has 0 saturated carbocycles. The Labute approximate surface area is 68.4 Å². The molecule has 1 rings (SSSR count). The lowest BCUT2D eigenvalue weighted by Gasteiger charge is -2.35. The number of aliphatic hydroxyl groups excluding tert-OH is 1. The highest BCUT2D eigenvalue weighted by molar-refractivity contribution is 4.82. The first kappa shape index (κ1) is 8.97. The minimum Gasteiger partial charge on any atom is -0.396 e. The molecule has 0 spiro atoms. The Balaban J connectivity index is 1.96. The van der Waals surface area contributed by atoms with Gasteiger partial charge in [0.05, 0.1) is 0 Å². The van der Waals surface area contributed by atoms with Gasteiger partial charge in [0, 0.05) is 25.7 Å². The summed E-state index contributed by atoms with van der Waals surface area (Å²) in [5.41, 5.74) is 0. The van der Waals surface area contributed by atoms with E-state index in [0.717, 1.165) is 38.5 Å². The highest BCUT2D eigenvalue weighted by atomic mass is 16.2. The van der Waals surface area contributed by atoms with Gasteiger partial charge in [0.15, 0.2) is 0 Å². The molecule has 0 aromatic carbocycles. The van der Waals surface area contributed by atoms with Crippen LogP contribution in [0.4, 0.5) is 0 Å². The third kappa shape index (κ3) is 2.77. The molecule has 11 heavy (non-hydrogen) atoms. The highest BCUT2D eigenvalue weighted by Gasteiger charge is 2.20. The van der Waals surface area contributed by atoms with Gasteiger partial charge in [-0.3, -0.25) is 0 Å². The van der Waals surface area contributed by atoms with E-state index in [1.165, 1.54) is 0 Å². The largest absolute Gasteiger partial charge is 0.396 e. The summed E-state index contributed by atoms with van der Waals surface area (Å²) < 4.78 is 0. The van der Waals surface area contributed by atoms with Crippen LogP contribution in [0.3, 0.4) is 0 Å². The van der Waals surface area contributed by atoms with Crippen LogP contribution in [0.5, 0.6) is 0 Å². The summed E-state index contributed by atoms with van der Waals surface area (Å²) >= 11 is 0. The second-order valence-corrected chi connectivity index (χ2v) is 3.22. The lowest BCUT2D eigenvalue weighted by Crippen LogP contribution is -2.56. The smallest absolute Gasteiger partial charge is 0.0431 e. The quantitative estimate of drug-likeness (QED) is 0.537. The van der Waals surface area contributed by atoms with Crippen molar-refractivity contribution in [2.75, 3.05) is 33.3 Å². The Morgan fingerprint density at radius 2 is 2.18 bits per heavy atom. The van der Waals surface area contributed by atoms with Crippen LogP contribution in [0.25, 0.3) is 0 Å². The number of rotatable bonds is 5. The van der Waals surface area contributed by atoms with Gasteiger partial charge in [-0.2, -0.15) is 0 Å². The van der Waals surface area contributed by atoms with Crippen LogP contribution in [0.2, 0.25) is 0 Å². The predicted molar refractivity (Wildman–Crippen MR) is 45.6 cm³/mol. The zero-order valence-corrected chi connectivity index (χ0v) is 7.21. The van der Waals surface area contributed by atoms with Crippen molar-refractivity contribution >= 4 is 0 Å². The van der Waals surface area contributed by atoms with E-state index in [1.807, 2.05) is 0 Å². The van der Waals surface area contributed by atoms with E-state index in [1.54, 1.807) is 0 Å². The Morgan fingerprint density at radius 3 is 2.64 bits per heavy atom. The Morgan fingerprint density at radius 1 is 1.45 bits per heavy atom. The van der Waals surface area contributed by atoms with E-state index < -0.39 is 0 Å². The zero-order chi connectivity index (χ0) is 8.10. The Kier molecular flexibility index (Phi) is 3.83. The Bertz CT molecular complexity index is 104. The van der Waals surface area contributed by atoms with Gasteiger partial charge < -0.3 is 15.3 Å². The molecule has 3 nitrogen and oxygen atoms in total. The second kappa shape index (κ2) is 4.70. The number of nitrogens with one attached hydrogen (secondary N) is 1. The summed E-state index contributed by atoms with van der Waals surface area (Å²) in [5.74, 6) is 0. The molecular formula is C8H18N2O. The molecule has 0 unspecified atom stereocenters. The molecule has 0 amide bonds. The molecule has 0 radical (unpaired) electrons. The summed E-state index contributed by atoms with van der Waals surface area (Å²) in [6.07, 6.45) is 2.05. The van der Waals surface area contributed by atoms with Gasteiger partial charge >= 0.3 is 0 Å². The molecule has 1 aliphatic heterocycles. The van der Waals surface area contributed by atoms with Gasteiger partial charge in [-0.1, -0.05) is 0 Å². The van der Waals surface area contributed by atoms with Crippen LogP contribution in [-0.4, -0.2) is 49.3 Å². The molecule has 1 saturated heterocycles. The molecule has 0 atom stereocenters. The number of likely N-dealkylation sites (N-methyl/N-ethyl adjacent to an activating group) is 1. The third-order valence-corrected chi connectivity index (χ3v) is 2.30. The van der Waals surface area contributed by atoms with Gasteiger partial charge in [-0.15, -0.1) is 0 Å². The van der Waals surface area contributed by atoms with E-state index in [-0.39, 0.29) is 0 Å². The van der Waals surface area contributed by atoms with Crippen molar-refractivity contribution in [1.29, 1.82) is 0 Å². The van der Waals surface area contributed by atoms with Crippen molar-refractivity contribution in [3.05, 3.63) is 0 Å². The van der Waals surface area contributed by atoms with Crippen LogP contribution in [0.15, 0.2) is 0 Å². The van der Waals surface area contributed by atoms with Crippen molar-refractivity contribution in [2.24, 2.45) is 0 Å². The van der Waals surface area contributed by atoms with E-state index in [4.69, 9.17) is 5.11 Å². The van der Waals surface area contributed by atoms with Crippen molar-refractivity contribution in [3.8, 4) is 0 Å². The molecule has 0 aromatic rings. The maximum atomic E-state index is 8.56. The number of aliphatic hydroxyl groups is 1. The molecule has 1 fully saturated rings. The summed E-state index contributed by atoms with van der Waals surface area (Å²) in [4.78, 5) is 2.37. The number of hydrogen-bond donors (Lipinski definition) is 2. The minimum absolute atomic E-state index is 0.330. The normalized spacial score (nSPS) is 18.8. The van der Waals surface area contributed by atoms with Crippen molar-refractivity contribution in [1.82, 2.24) is 10.2 Å². The minimum atomic E-state index is 0.330. The maximum Gasteiger partial charge on any atom is 0.0431 e. The lowest BCUT2D eigenvalue weighted by atomic mass is 10.1. The zero-order valence-electron chi connectivity index (χ0n) is 7.21. The molecule has 66 valence electrons. The molecule has 2 N–H and O–H groups in total. The second-order valence-electron chi connectivity index (χ2n) is 3.22. The molecule has 1 aliphatic rings. The highest BCUT2D eigenvalue weighted by Crippen LogP contribution is 2.03. The average molecular weight is 158 g/mol. The predicted octanol–water partition coefficient (Wildman–Crippen LogP) is -0.337. The van der Waals surface area contributed by atoms with Crippen LogP contribution in [0.1, 0.15) is 12.8 Å². The lowest BCUT2D eigenvalue weighted by molar-refractivity contribution is 0.172. The molecule has 3 heteroatoms. The van der Waals surface area contributed by atoms with E-state index in [0.29, 0.717) is 6.61 Å². The first-order valence-electron chi connectivity index (χ1n) is 4.36. The number of nitrogens with zero attached hydrogens (tertiary/aromatic N) is 1. The third-order valence-electron chi connectivity index (χ3n) is 2.30. The van der Waals surface area contributed by atoms with E-state index >= 15 is 0 Å².